The fourth-order valence-electron chi connectivity index (χ4n) is 2.94. The third-order valence-corrected chi connectivity index (χ3v) is 5.23. The summed E-state index contributed by atoms with van der Waals surface area (Å²) in [6.45, 7) is 0. The van der Waals surface area contributed by atoms with E-state index in [1.165, 1.54) is 42.8 Å². The van der Waals surface area contributed by atoms with E-state index in [9.17, 15) is 14.0 Å². The SMILES string of the molecule is COc1ccc(F)cc1-c1csc(NC(=O)c2cccc(NC(=O)c3cccnc3)c2)n1. The standard InChI is InChI=1S/C23H17FN4O3S/c1-31-20-8-7-16(24)11-18(20)19-13-32-23(27-19)28-21(29)14-4-2-6-17(10-14)26-22(30)15-5-3-9-25-12-15/h2-13H,1H3,(H,26,30)(H,27,28,29). The molecule has 4 rings (SSSR count). The highest BCUT2D eigenvalue weighted by molar-refractivity contribution is 7.14. The van der Waals surface area contributed by atoms with E-state index in [0.29, 0.717) is 39.0 Å². The van der Waals surface area contributed by atoms with Gasteiger partial charge >= 0.3 is 0 Å². The molecule has 2 amide bonds. The number of rotatable bonds is 6. The van der Waals surface area contributed by atoms with Crippen LogP contribution in [0.2, 0.25) is 0 Å². The summed E-state index contributed by atoms with van der Waals surface area (Å²) in [6, 6.07) is 14.0. The van der Waals surface area contributed by atoms with Crippen molar-refractivity contribution in [3.05, 3.63) is 89.3 Å². The third kappa shape index (κ3) is 4.79. The third-order valence-electron chi connectivity index (χ3n) is 4.47. The quantitative estimate of drug-likeness (QED) is 0.440. The summed E-state index contributed by atoms with van der Waals surface area (Å²) in [5.74, 6) is -0.657. The summed E-state index contributed by atoms with van der Waals surface area (Å²) in [7, 11) is 1.49. The predicted octanol–water partition coefficient (Wildman–Crippen LogP) is 4.86. The number of nitrogens with zero attached hydrogens (tertiary/aromatic N) is 2. The Morgan fingerprint density at radius 2 is 1.81 bits per heavy atom. The van der Waals surface area contributed by atoms with Gasteiger partial charge in [0.25, 0.3) is 11.8 Å². The van der Waals surface area contributed by atoms with Crippen molar-refractivity contribution in [2.45, 2.75) is 0 Å². The second kappa shape index (κ2) is 9.36. The van der Waals surface area contributed by atoms with Crippen LogP contribution in [-0.4, -0.2) is 28.9 Å². The maximum atomic E-state index is 13.7. The van der Waals surface area contributed by atoms with Gasteiger partial charge in [0.15, 0.2) is 5.13 Å². The van der Waals surface area contributed by atoms with Crippen LogP contribution in [0.4, 0.5) is 15.2 Å². The average molecular weight is 448 g/mol. The molecular formula is C23H17FN4O3S. The minimum Gasteiger partial charge on any atom is -0.496 e. The molecule has 160 valence electrons. The number of pyridine rings is 1. The average Bonchev–Trinajstić information content (AvgIpc) is 3.28. The van der Waals surface area contributed by atoms with Gasteiger partial charge in [-0.05, 0) is 48.5 Å². The molecule has 9 heteroatoms. The molecule has 32 heavy (non-hydrogen) atoms. The largest absolute Gasteiger partial charge is 0.496 e. The Hall–Kier alpha value is -4.11. The van der Waals surface area contributed by atoms with Gasteiger partial charge in [0.2, 0.25) is 0 Å². The number of halogens is 1. The first-order chi connectivity index (χ1) is 15.5. The molecule has 0 spiro atoms. The maximum Gasteiger partial charge on any atom is 0.257 e. The van der Waals surface area contributed by atoms with Crippen LogP contribution in [-0.2, 0) is 0 Å². The number of aromatic nitrogens is 2. The highest BCUT2D eigenvalue weighted by Crippen LogP contribution is 2.33. The van der Waals surface area contributed by atoms with Gasteiger partial charge in [-0.1, -0.05) is 6.07 Å². The first-order valence-electron chi connectivity index (χ1n) is 9.46. The molecule has 0 radical (unpaired) electrons. The van der Waals surface area contributed by atoms with Crippen molar-refractivity contribution in [1.82, 2.24) is 9.97 Å². The zero-order valence-corrected chi connectivity index (χ0v) is 17.7. The summed E-state index contributed by atoms with van der Waals surface area (Å²) in [5.41, 5.74) is 2.19. The van der Waals surface area contributed by atoms with Gasteiger partial charge in [-0.25, -0.2) is 9.37 Å². The Morgan fingerprint density at radius 3 is 2.59 bits per heavy atom. The first kappa shape index (κ1) is 21.1. The number of amides is 2. The number of carbonyl (C=O) groups excluding carboxylic acids is 2. The van der Waals surface area contributed by atoms with Crippen LogP contribution < -0.4 is 15.4 Å². The van der Waals surface area contributed by atoms with Gasteiger partial charge in [0.1, 0.15) is 11.6 Å². The van der Waals surface area contributed by atoms with Crippen LogP contribution in [0.15, 0.2) is 72.4 Å². The lowest BCUT2D eigenvalue weighted by atomic mass is 10.1. The van der Waals surface area contributed by atoms with E-state index in [0.717, 1.165) is 0 Å². The zero-order chi connectivity index (χ0) is 22.5. The van der Waals surface area contributed by atoms with Gasteiger partial charge in [-0.15, -0.1) is 11.3 Å². The molecule has 0 saturated heterocycles. The number of ether oxygens (including phenoxy) is 1. The molecule has 2 heterocycles. The number of hydrogen-bond donors (Lipinski definition) is 2. The van der Waals surface area contributed by atoms with Gasteiger partial charge < -0.3 is 10.1 Å². The first-order valence-corrected chi connectivity index (χ1v) is 10.3. The highest BCUT2D eigenvalue weighted by atomic mass is 32.1. The Balaban J connectivity index is 1.48. The maximum absolute atomic E-state index is 13.7. The Bertz CT molecular complexity index is 1280. The smallest absolute Gasteiger partial charge is 0.257 e. The molecule has 0 bridgehead atoms. The highest BCUT2D eigenvalue weighted by Gasteiger charge is 2.14. The van der Waals surface area contributed by atoms with E-state index >= 15 is 0 Å². The van der Waals surface area contributed by atoms with Gasteiger partial charge in [-0.2, -0.15) is 0 Å². The van der Waals surface area contributed by atoms with Gasteiger partial charge in [0, 0.05) is 34.6 Å². The summed E-state index contributed by atoms with van der Waals surface area (Å²) >= 11 is 1.21. The normalized spacial score (nSPS) is 10.4. The van der Waals surface area contributed by atoms with Crippen molar-refractivity contribution in [2.24, 2.45) is 0 Å². The minimum absolute atomic E-state index is 0.329. The van der Waals surface area contributed by atoms with Crippen molar-refractivity contribution in [2.75, 3.05) is 17.7 Å². The van der Waals surface area contributed by atoms with Crippen molar-refractivity contribution < 1.29 is 18.7 Å². The fraction of sp³-hybridized carbons (Fsp3) is 0.0435. The van der Waals surface area contributed by atoms with Crippen LogP contribution in [0, 0.1) is 5.82 Å². The van der Waals surface area contributed by atoms with E-state index in [1.807, 2.05) is 0 Å². The lowest BCUT2D eigenvalue weighted by Gasteiger charge is -2.07. The molecule has 0 aliphatic heterocycles. The minimum atomic E-state index is -0.412. The van der Waals surface area contributed by atoms with E-state index in [4.69, 9.17) is 4.74 Å². The number of anilines is 2. The number of thiazole rings is 1. The predicted molar refractivity (Wildman–Crippen MR) is 121 cm³/mol. The molecule has 0 atom stereocenters. The molecule has 2 aromatic heterocycles. The second-order valence-corrected chi connectivity index (χ2v) is 7.47. The molecule has 4 aromatic rings. The molecule has 2 aromatic carbocycles. The second-order valence-electron chi connectivity index (χ2n) is 6.61. The van der Waals surface area contributed by atoms with E-state index < -0.39 is 11.7 Å². The molecule has 0 aliphatic rings. The summed E-state index contributed by atoms with van der Waals surface area (Å²) in [4.78, 5) is 33.3. The summed E-state index contributed by atoms with van der Waals surface area (Å²) in [5, 5.41) is 7.52. The lowest BCUT2D eigenvalue weighted by molar-refractivity contribution is 0.101. The van der Waals surface area contributed by atoms with Crippen molar-refractivity contribution in [3.8, 4) is 17.0 Å². The molecule has 0 fully saturated rings. The number of benzene rings is 2. The van der Waals surface area contributed by atoms with Crippen molar-refractivity contribution in [3.63, 3.8) is 0 Å². The van der Waals surface area contributed by atoms with Crippen LogP contribution >= 0.6 is 11.3 Å². The van der Waals surface area contributed by atoms with Crippen LogP contribution in [0.1, 0.15) is 20.7 Å². The molecular weight excluding hydrogens is 431 g/mol. The molecule has 0 unspecified atom stereocenters. The topological polar surface area (TPSA) is 93.2 Å². The van der Waals surface area contributed by atoms with Crippen LogP contribution in [0.25, 0.3) is 11.3 Å². The Labute approximate surface area is 186 Å². The Kier molecular flexibility index (Phi) is 6.18. The number of hydrogen-bond acceptors (Lipinski definition) is 6. The lowest BCUT2D eigenvalue weighted by Crippen LogP contribution is -2.14. The van der Waals surface area contributed by atoms with E-state index in [1.54, 1.807) is 48.0 Å². The number of carbonyl (C=O) groups is 2. The monoisotopic (exact) mass is 448 g/mol. The van der Waals surface area contributed by atoms with Crippen molar-refractivity contribution in [1.29, 1.82) is 0 Å². The fourth-order valence-corrected chi connectivity index (χ4v) is 3.65. The summed E-state index contributed by atoms with van der Waals surface area (Å²) < 4.78 is 18.9. The number of nitrogens with one attached hydrogen (secondary N) is 2. The van der Waals surface area contributed by atoms with Crippen LogP contribution in [0.3, 0.4) is 0 Å². The summed E-state index contributed by atoms with van der Waals surface area (Å²) in [6.07, 6.45) is 3.04. The molecule has 7 nitrogen and oxygen atoms in total. The molecule has 0 saturated carbocycles. The zero-order valence-electron chi connectivity index (χ0n) is 16.8. The molecule has 2 N–H and O–H groups in total. The van der Waals surface area contributed by atoms with Gasteiger partial charge in [0.05, 0.1) is 18.4 Å². The Morgan fingerprint density at radius 1 is 1.00 bits per heavy atom. The van der Waals surface area contributed by atoms with Crippen molar-refractivity contribution >= 4 is 34.0 Å². The van der Waals surface area contributed by atoms with E-state index in [2.05, 4.69) is 20.6 Å². The van der Waals surface area contributed by atoms with E-state index in [-0.39, 0.29) is 5.91 Å². The molecule has 0 aliphatic carbocycles. The van der Waals surface area contributed by atoms with Gasteiger partial charge in [-0.3, -0.25) is 19.9 Å². The number of methoxy groups -OCH3 is 1. The van der Waals surface area contributed by atoms with Crippen LogP contribution in [0.5, 0.6) is 5.75 Å².